The van der Waals surface area contributed by atoms with E-state index in [2.05, 4.69) is 5.32 Å². The Kier molecular flexibility index (Phi) is 1.53. The van der Waals surface area contributed by atoms with E-state index < -0.39 is 12.0 Å². The quantitative estimate of drug-likeness (QED) is 0.487. The number of carboxylic acid groups (broad SMARTS) is 1. The highest BCUT2D eigenvalue weighted by Crippen LogP contribution is 2.10. The monoisotopic (exact) mass is 127 g/mol. The molecule has 0 aromatic rings. The molecule has 1 atom stereocenters. The molecule has 0 aliphatic carbocycles. The van der Waals surface area contributed by atoms with E-state index in [-0.39, 0.29) is 0 Å². The van der Waals surface area contributed by atoms with Gasteiger partial charge in [-0.3, -0.25) is 10.1 Å². The van der Waals surface area contributed by atoms with Crippen molar-refractivity contribution in [3.63, 3.8) is 0 Å². The van der Waals surface area contributed by atoms with Crippen molar-refractivity contribution in [3.8, 4) is 0 Å². The van der Waals surface area contributed by atoms with Gasteiger partial charge in [0.25, 0.3) is 0 Å². The van der Waals surface area contributed by atoms with Crippen LogP contribution in [-0.2, 0) is 4.79 Å². The third-order valence-corrected chi connectivity index (χ3v) is 1.50. The summed E-state index contributed by atoms with van der Waals surface area (Å²) in [5, 5.41) is 11.2. The van der Waals surface area contributed by atoms with E-state index in [4.69, 9.17) is 5.11 Å². The topological polar surface area (TPSA) is 49.3 Å². The largest absolute Gasteiger partial charge is 0.480 e. The fraction of sp³-hybridized carbons (Fsp3) is 0.500. The van der Waals surface area contributed by atoms with Crippen LogP contribution in [0, 0.1) is 0 Å². The van der Waals surface area contributed by atoms with Crippen LogP contribution < -0.4 is 5.32 Å². The number of carbonyl (C=O) groups is 1. The van der Waals surface area contributed by atoms with Gasteiger partial charge in [-0.25, -0.2) is 0 Å². The predicted molar refractivity (Wildman–Crippen MR) is 33.2 cm³/mol. The molecule has 0 aromatic heterocycles. The van der Waals surface area contributed by atoms with Crippen LogP contribution in [0.4, 0.5) is 0 Å². The van der Waals surface area contributed by atoms with E-state index in [9.17, 15) is 4.79 Å². The summed E-state index contributed by atoms with van der Waals surface area (Å²) in [4.78, 5) is 10.2. The number of rotatable bonds is 1. The average molecular weight is 127 g/mol. The Morgan fingerprint density at radius 2 is 2.67 bits per heavy atom. The molecule has 0 bridgehead atoms. The van der Waals surface area contributed by atoms with Gasteiger partial charge >= 0.3 is 5.97 Å². The molecular weight excluding hydrogens is 118 g/mol. The molecule has 0 aromatic carbocycles. The van der Waals surface area contributed by atoms with E-state index in [1.807, 2.05) is 13.0 Å². The summed E-state index contributed by atoms with van der Waals surface area (Å²) in [5.41, 5.74) is 0.975. The predicted octanol–water partition coefficient (Wildman–Crippen LogP) is -0.0109. The van der Waals surface area contributed by atoms with Gasteiger partial charge < -0.3 is 5.11 Å². The summed E-state index contributed by atoms with van der Waals surface area (Å²) in [6.45, 7) is 2.58. The van der Waals surface area contributed by atoms with Gasteiger partial charge in [0.2, 0.25) is 0 Å². The minimum atomic E-state index is -0.783. The van der Waals surface area contributed by atoms with E-state index in [1.54, 1.807) is 0 Å². The SMILES string of the molecule is C/C=C1\CNC1C(=O)O. The van der Waals surface area contributed by atoms with Crippen LogP contribution in [0.15, 0.2) is 11.6 Å². The van der Waals surface area contributed by atoms with E-state index in [1.165, 1.54) is 0 Å². The Bertz CT molecular complexity index is 162. The molecule has 1 aliphatic rings. The first-order chi connectivity index (χ1) is 4.25. The molecule has 1 rings (SSSR count). The van der Waals surface area contributed by atoms with Crippen molar-refractivity contribution in [1.29, 1.82) is 0 Å². The lowest BCUT2D eigenvalue weighted by atomic mass is 10.00. The molecule has 0 amide bonds. The van der Waals surface area contributed by atoms with Gasteiger partial charge in [0, 0.05) is 6.54 Å². The molecule has 2 N–H and O–H groups in total. The first-order valence-corrected chi connectivity index (χ1v) is 2.87. The van der Waals surface area contributed by atoms with Crippen molar-refractivity contribution < 1.29 is 9.90 Å². The van der Waals surface area contributed by atoms with Crippen LogP contribution in [0.2, 0.25) is 0 Å². The number of allylic oxidation sites excluding steroid dienone is 1. The number of carboxylic acids is 1. The van der Waals surface area contributed by atoms with Gasteiger partial charge in [-0.2, -0.15) is 0 Å². The highest BCUT2D eigenvalue weighted by molar-refractivity contribution is 5.79. The minimum absolute atomic E-state index is 0.407. The first-order valence-electron chi connectivity index (χ1n) is 2.87. The second kappa shape index (κ2) is 2.19. The van der Waals surface area contributed by atoms with E-state index in [0.717, 1.165) is 12.1 Å². The highest BCUT2D eigenvalue weighted by Gasteiger charge is 2.28. The van der Waals surface area contributed by atoms with Gasteiger partial charge in [-0.15, -0.1) is 0 Å². The van der Waals surface area contributed by atoms with Gasteiger partial charge in [-0.05, 0) is 12.5 Å². The van der Waals surface area contributed by atoms with Crippen LogP contribution in [0.25, 0.3) is 0 Å². The smallest absolute Gasteiger partial charge is 0.325 e. The number of aliphatic carboxylic acids is 1. The summed E-state index contributed by atoms with van der Waals surface area (Å²) in [7, 11) is 0. The first kappa shape index (κ1) is 6.29. The third-order valence-electron chi connectivity index (χ3n) is 1.50. The van der Waals surface area contributed by atoms with E-state index in [0.29, 0.717) is 0 Å². The Hall–Kier alpha value is -0.830. The fourth-order valence-corrected chi connectivity index (χ4v) is 0.837. The number of hydrogen-bond donors (Lipinski definition) is 2. The molecule has 9 heavy (non-hydrogen) atoms. The molecule has 0 radical (unpaired) electrons. The van der Waals surface area contributed by atoms with Crippen molar-refractivity contribution >= 4 is 5.97 Å². The maximum absolute atomic E-state index is 10.2. The summed E-state index contributed by atoms with van der Waals surface area (Å²) in [6.07, 6.45) is 1.84. The molecule has 0 saturated carbocycles. The molecule has 50 valence electrons. The minimum Gasteiger partial charge on any atom is -0.480 e. The van der Waals surface area contributed by atoms with Crippen molar-refractivity contribution in [2.24, 2.45) is 0 Å². The van der Waals surface area contributed by atoms with Crippen LogP contribution in [0.3, 0.4) is 0 Å². The maximum Gasteiger partial charge on any atom is 0.325 e. The molecule has 3 nitrogen and oxygen atoms in total. The lowest BCUT2D eigenvalue weighted by Crippen LogP contribution is -2.51. The zero-order valence-corrected chi connectivity index (χ0v) is 5.22. The lowest BCUT2D eigenvalue weighted by molar-refractivity contribution is -0.139. The van der Waals surface area contributed by atoms with E-state index >= 15 is 0 Å². The van der Waals surface area contributed by atoms with Crippen molar-refractivity contribution in [3.05, 3.63) is 11.6 Å². The summed E-state index contributed by atoms with van der Waals surface area (Å²) in [5.74, 6) is -0.783. The highest BCUT2D eigenvalue weighted by atomic mass is 16.4. The maximum atomic E-state index is 10.2. The van der Waals surface area contributed by atoms with Gasteiger partial charge in [0.1, 0.15) is 6.04 Å². The van der Waals surface area contributed by atoms with Crippen LogP contribution in [-0.4, -0.2) is 23.7 Å². The van der Waals surface area contributed by atoms with Crippen molar-refractivity contribution in [1.82, 2.24) is 5.32 Å². The summed E-state index contributed by atoms with van der Waals surface area (Å²) >= 11 is 0. The zero-order chi connectivity index (χ0) is 6.85. The van der Waals surface area contributed by atoms with Crippen LogP contribution in [0.5, 0.6) is 0 Å². The molecule has 1 heterocycles. The average Bonchev–Trinajstić information content (AvgIpc) is 1.61. The molecule has 1 saturated heterocycles. The molecule has 1 fully saturated rings. The van der Waals surface area contributed by atoms with Gasteiger partial charge in [0.15, 0.2) is 0 Å². The summed E-state index contributed by atoms with van der Waals surface area (Å²) in [6, 6.07) is -0.407. The number of nitrogens with one attached hydrogen (secondary N) is 1. The molecular formula is C6H9NO2. The Labute approximate surface area is 53.4 Å². The van der Waals surface area contributed by atoms with Gasteiger partial charge in [0.05, 0.1) is 0 Å². The van der Waals surface area contributed by atoms with Crippen molar-refractivity contribution in [2.45, 2.75) is 13.0 Å². The third kappa shape index (κ3) is 0.954. The molecule has 1 unspecified atom stereocenters. The van der Waals surface area contributed by atoms with Crippen LogP contribution in [0.1, 0.15) is 6.92 Å². The molecule has 3 heteroatoms. The normalized spacial score (nSPS) is 29.9. The van der Waals surface area contributed by atoms with Gasteiger partial charge in [-0.1, -0.05) is 6.08 Å². The second-order valence-corrected chi connectivity index (χ2v) is 2.02. The van der Waals surface area contributed by atoms with Crippen LogP contribution >= 0.6 is 0 Å². The summed E-state index contributed by atoms with van der Waals surface area (Å²) < 4.78 is 0. The Morgan fingerprint density at radius 1 is 2.00 bits per heavy atom. The zero-order valence-electron chi connectivity index (χ0n) is 5.22. The van der Waals surface area contributed by atoms with Crippen molar-refractivity contribution in [2.75, 3.05) is 6.54 Å². The Morgan fingerprint density at radius 3 is 2.78 bits per heavy atom. The lowest BCUT2D eigenvalue weighted by Gasteiger charge is -2.27. The second-order valence-electron chi connectivity index (χ2n) is 2.02. The molecule has 0 spiro atoms. The Balaban J connectivity index is 2.55. The number of hydrogen-bond acceptors (Lipinski definition) is 2. The standard InChI is InChI=1S/C6H9NO2/c1-2-4-3-7-5(4)6(8)9/h2,5,7H,3H2,1H3,(H,8,9)/b4-2+. The molecule has 1 aliphatic heterocycles. The fourth-order valence-electron chi connectivity index (χ4n) is 0.837.